The van der Waals surface area contributed by atoms with Crippen molar-refractivity contribution in [2.75, 3.05) is 19.0 Å². The number of benzene rings is 3. The number of nitrogens with two attached hydrogens (primary N) is 1. The third kappa shape index (κ3) is 7.47. The molecule has 0 bridgehead atoms. The fraction of sp³-hybridized carbons (Fsp3) is 0.250. The Labute approximate surface area is 232 Å². The number of rotatable bonds is 9. The highest BCUT2D eigenvalue weighted by Gasteiger charge is 2.37. The van der Waals surface area contributed by atoms with E-state index in [1.165, 1.54) is 10.4 Å². The van der Waals surface area contributed by atoms with Crippen LogP contribution >= 0.6 is 12.4 Å². The Kier molecular flexibility index (Phi) is 10.3. The Balaban J connectivity index is 0.00000420. The maximum atomic E-state index is 13.6. The molecule has 0 saturated heterocycles. The molecule has 206 valence electrons. The molecule has 4 rings (SSSR count). The molecule has 0 aromatic heterocycles. The molecule has 0 saturated carbocycles. The number of anilines is 1. The lowest BCUT2D eigenvalue weighted by molar-refractivity contribution is -0.141. The minimum Gasteiger partial charge on any atom is -0.497 e. The molecule has 1 aliphatic rings. The number of hydroxylamine groups is 1. The van der Waals surface area contributed by atoms with E-state index in [1.54, 1.807) is 49.6 Å². The molecule has 2 atom stereocenters. The number of amides is 3. The number of methoxy groups -OCH3 is 1. The number of carbonyl (C=O) groups excluding carboxylic acids is 3. The molecule has 0 unspecified atom stereocenters. The van der Waals surface area contributed by atoms with Crippen molar-refractivity contribution < 1.29 is 29.1 Å². The van der Waals surface area contributed by atoms with Gasteiger partial charge in [-0.05, 0) is 59.5 Å². The van der Waals surface area contributed by atoms with Crippen LogP contribution in [0.4, 0.5) is 5.69 Å². The van der Waals surface area contributed by atoms with Crippen molar-refractivity contribution in [3.63, 3.8) is 0 Å². The van der Waals surface area contributed by atoms with E-state index in [2.05, 4.69) is 5.32 Å². The zero-order valence-corrected chi connectivity index (χ0v) is 22.1. The van der Waals surface area contributed by atoms with Crippen LogP contribution in [0.1, 0.15) is 16.7 Å². The largest absolute Gasteiger partial charge is 0.497 e. The average molecular weight is 555 g/mol. The van der Waals surface area contributed by atoms with Gasteiger partial charge in [-0.15, -0.1) is 12.4 Å². The number of fused-ring (bicyclic) bond motifs is 1. The maximum Gasteiger partial charge on any atom is 0.281 e. The lowest BCUT2D eigenvalue weighted by atomic mass is 9.92. The van der Waals surface area contributed by atoms with E-state index in [0.717, 1.165) is 16.7 Å². The van der Waals surface area contributed by atoms with Gasteiger partial charge in [0.15, 0.2) is 6.61 Å². The Morgan fingerprint density at radius 3 is 2.38 bits per heavy atom. The summed E-state index contributed by atoms with van der Waals surface area (Å²) >= 11 is 0. The van der Waals surface area contributed by atoms with Crippen LogP contribution in [0.5, 0.6) is 11.5 Å². The summed E-state index contributed by atoms with van der Waals surface area (Å²) in [6.07, 6.45) is 0.605. The zero-order valence-electron chi connectivity index (χ0n) is 21.3. The Bertz CT molecular complexity index is 1290. The van der Waals surface area contributed by atoms with E-state index in [0.29, 0.717) is 23.6 Å². The predicted molar refractivity (Wildman–Crippen MR) is 147 cm³/mol. The Morgan fingerprint density at radius 1 is 1.03 bits per heavy atom. The van der Waals surface area contributed by atoms with Gasteiger partial charge in [-0.3, -0.25) is 19.6 Å². The van der Waals surface area contributed by atoms with Gasteiger partial charge in [-0.2, -0.15) is 0 Å². The molecule has 11 heteroatoms. The minimum absolute atomic E-state index is 0. The molecule has 1 aliphatic heterocycles. The fourth-order valence-electron chi connectivity index (χ4n) is 4.37. The number of nitrogens with one attached hydrogen (secondary N) is 2. The number of halogens is 1. The second kappa shape index (κ2) is 13.6. The van der Waals surface area contributed by atoms with Crippen molar-refractivity contribution in [2.45, 2.75) is 31.5 Å². The summed E-state index contributed by atoms with van der Waals surface area (Å²) in [7, 11) is 1.56. The molecule has 10 nitrogen and oxygen atoms in total. The van der Waals surface area contributed by atoms with Crippen molar-refractivity contribution in [1.29, 1.82) is 0 Å². The molecule has 0 fully saturated rings. The summed E-state index contributed by atoms with van der Waals surface area (Å²) in [6, 6.07) is 20.0. The summed E-state index contributed by atoms with van der Waals surface area (Å²) < 4.78 is 10.6. The molecule has 0 radical (unpaired) electrons. The second-order valence-corrected chi connectivity index (χ2v) is 8.95. The Hall–Kier alpha value is -4.12. The van der Waals surface area contributed by atoms with E-state index >= 15 is 0 Å². The van der Waals surface area contributed by atoms with Gasteiger partial charge in [0.25, 0.3) is 5.91 Å². The molecular formula is C28H31ClN4O6. The van der Waals surface area contributed by atoms with Gasteiger partial charge in [0.1, 0.15) is 17.5 Å². The molecule has 3 aromatic rings. The van der Waals surface area contributed by atoms with Gasteiger partial charge in [-0.1, -0.05) is 36.4 Å². The highest BCUT2D eigenvalue weighted by atomic mass is 35.5. The normalized spacial score (nSPS) is 14.7. The highest BCUT2D eigenvalue weighted by molar-refractivity contribution is 5.98. The van der Waals surface area contributed by atoms with Crippen molar-refractivity contribution in [3.05, 3.63) is 89.5 Å². The number of ether oxygens (including phenoxy) is 2. The van der Waals surface area contributed by atoms with E-state index in [1.807, 2.05) is 30.3 Å². The minimum atomic E-state index is -0.845. The van der Waals surface area contributed by atoms with Gasteiger partial charge >= 0.3 is 0 Å². The van der Waals surface area contributed by atoms with Crippen molar-refractivity contribution >= 4 is 35.8 Å². The summed E-state index contributed by atoms with van der Waals surface area (Å²) in [4.78, 5) is 39.9. The van der Waals surface area contributed by atoms with E-state index in [4.69, 9.17) is 20.4 Å². The quantitative estimate of drug-likeness (QED) is 0.235. The topological polar surface area (TPSA) is 143 Å². The van der Waals surface area contributed by atoms with Crippen LogP contribution in [0.3, 0.4) is 0 Å². The van der Waals surface area contributed by atoms with E-state index in [-0.39, 0.29) is 43.8 Å². The number of nitrogens with zero attached hydrogens (tertiary/aromatic N) is 1. The average Bonchev–Trinajstić information content (AvgIpc) is 2.95. The van der Waals surface area contributed by atoms with Crippen molar-refractivity contribution in [1.82, 2.24) is 10.4 Å². The maximum absolute atomic E-state index is 13.6. The van der Waals surface area contributed by atoms with Crippen LogP contribution in [-0.2, 0) is 33.8 Å². The second-order valence-electron chi connectivity index (χ2n) is 8.95. The van der Waals surface area contributed by atoms with Crippen LogP contribution in [0.25, 0.3) is 0 Å². The monoisotopic (exact) mass is 554 g/mol. The van der Waals surface area contributed by atoms with Crippen LogP contribution < -0.4 is 26.0 Å². The summed E-state index contributed by atoms with van der Waals surface area (Å²) in [5.74, 6) is -0.315. The molecule has 0 aliphatic carbocycles. The lowest BCUT2D eigenvalue weighted by Crippen LogP contribution is -2.55. The molecule has 5 N–H and O–H groups in total. The third-order valence-electron chi connectivity index (χ3n) is 6.36. The summed E-state index contributed by atoms with van der Waals surface area (Å²) in [5.41, 5.74) is 11.0. The lowest BCUT2D eigenvalue weighted by Gasteiger charge is -2.37. The first-order valence-corrected chi connectivity index (χ1v) is 12.1. The number of hydrogen-bond acceptors (Lipinski definition) is 7. The van der Waals surface area contributed by atoms with Crippen LogP contribution in [0.15, 0.2) is 72.8 Å². The van der Waals surface area contributed by atoms with Crippen LogP contribution in [0.2, 0.25) is 0 Å². The first-order chi connectivity index (χ1) is 18.4. The van der Waals surface area contributed by atoms with Gasteiger partial charge in [-0.25, -0.2) is 5.48 Å². The predicted octanol–water partition coefficient (Wildman–Crippen LogP) is 2.46. The van der Waals surface area contributed by atoms with Gasteiger partial charge in [0.05, 0.1) is 13.2 Å². The third-order valence-corrected chi connectivity index (χ3v) is 6.36. The summed E-state index contributed by atoms with van der Waals surface area (Å²) in [6.45, 7) is -0.229. The molecular weight excluding hydrogens is 524 g/mol. The van der Waals surface area contributed by atoms with E-state index in [9.17, 15) is 14.4 Å². The van der Waals surface area contributed by atoms with Gasteiger partial charge in [0.2, 0.25) is 11.8 Å². The highest BCUT2D eigenvalue weighted by Crippen LogP contribution is 2.29. The smallest absolute Gasteiger partial charge is 0.281 e. The number of carbonyl (C=O) groups is 3. The van der Waals surface area contributed by atoms with Crippen LogP contribution in [-0.4, -0.2) is 53.6 Å². The molecule has 39 heavy (non-hydrogen) atoms. The SMILES string of the molecule is COc1ccc(NC(=O)[C@@H]2Cc3ccc(OCC(=O)NO)cc3CN2C(=O)[C@@H](N)Cc2ccccc2)cc1.Cl. The molecule has 3 amide bonds. The number of hydrogen-bond donors (Lipinski definition) is 4. The van der Waals surface area contributed by atoms with Crippen molar-refractivity contribution in [2.24, 2.45) is 5.73 Å². The fourth-order valence-corrected chi connectivity index (χ4v) is 4.37. The Morgan fingerprint density at radius 2 is 1.72 bits per heavy atom. The van der Waals surface area contributed by atoms with Crippen molar-refractivity contribution in [3.8, 4) is 11.5 Å². The zero-order chi connectivity index (χ0) is 27.1. The first kappa shape index (κ1) is 29.4. The molecule has 1 heterocycles. The standard InChI is InChI=1S/C28H30N4O6.ClH/c1-37-22-11-8-21(9-12-22)30-27(34)25-15-19-7-10-23(38-17-26(33)31-36)14-20(19)16-32(25)28(35)24(29)13-18-5-3-2-4-6-18;/h2-12,14,24-25,36H,13,15-17,29H2,1H3,(H,30,34)(H,31,33);1H/t24-,25-;/m0./s1. The van der Waals surface area contributed by atoms with Crippen LogP contribution in [0, 0.1) is 0 Å². The van der Waals surface area contributed by atoms with E-state index < -0.39 is 18.0 Å². The van der Waals surface area contributed by atoms with Gasteiger partial charge in [0, 0.05) is 18.7 Å². The molecule has 3 aromatic carbocycles. The van der Waals surface area contributed by atoms with Gasteiger partial charge < -0.3 is 25.4 Å². The first-order valence-electron chi connectivity index (χ1n) is 12.1. The molecule has 0 spiro atoms. The summed E-state index contributed by atoms with van der Waals surface area (Å²) in [5, 5.41) is 11.6.